The Labute approximate surface area is 100 Å². The Hall–Kier alpha value is -0.810. The number of hydrogen-bond donors (Lipinski definition) is 0. The fourth-order valence-electron chi connectivity index (χ4n) is 1.12. The first-order chi connectivity index (χ1) is 7.24. The summed E-state index contributed by atoms with van der Waals surface area (Å²) in [5, 5.41) is 0.950. The van der Waals surface area contributed by atoms with E-state index in [1.54, 1.807) is 18.0 Å². The summed E-state index contributed by atoms with van der Waals surface area (Å²) >= 11 is 4.98. The second kappa shape index (κ2) is 4.81. The second-order valence-electron chi connectivity index (χ2n) is 2.94. The highest BCUT2D eigenvalue weighted by atomic mass is 79.9. The lowest BCUT2D eigenvalue weighted by Gasteiger charge is -2.00. The molecule has 15 heavy (non-hydrogen) atoms. The van der Waals surface area contributed by atoms with Crippen molar-refractivity contribution < 1.29 is 4.42 Å². The van der Waals surface area contributed by atoms with E-state index in [1.807, 2.05) is 25.1 Å². The Balaban J connectivity index is 2.05. The molecular formula is C10H9BrN2OS. The Bertz CT molecular complexity index is 424. The zero-order valence-corrected chi connectivity index (χ0v) is 10.5. The summed E-state index contributed by atoms with van der Waals surface area (Å²) in [5.41, 5.74) is 0. The molecule has 0 spiro atoms. The van der Waals surface area contributed by atoms with E-state index < -0.39 is 0 Å². The number of nitrogens with zero attached hydrogens (tertiary/aromatic N) is 2. The van der Waals surface area contributed by atoms with Gasteiger partial charge in [0.15, 0.2) is 0 Å². The highest BCUT2D eigenvalue weighted by Gasteiger charge is 2.02. The van der Waals surface area contributed by atoms with Crippen LogP contribution < -0.4 is 0 Å². The van der Waals surface area contributed by atoms with Crippen molar-refractivity contribution in [2.75, 3.05) is 0 Å². The van der Waals surface area contributed by atoms with Crippen LogP contribution in [0.25, 0.3) is 0 Å². The first kappa shape index (κ1) is 10.7. The van der Waals surface area contributed by atoms with Gasteiger partial charge in [-0.2, -0.15) is 0 Å². The number of halogens is 1. The van der Waals surface area contributed by atoms with Crippen LogP contribution in [0, 0.1) is 6.92 Å². The van der Waals surface area contributed by atoms with Crippen molar-refractivity contribution in [2.24, 2.45) is 0 Å². The van der Waals surface area contributed by atoms with Gasteiger partial charge in [-0.05, 0) is 35.0 Å². The molecule has 2 rings (SSSR count). The van der Waals surface area contributed by atoms with E-state index in [2.05, 4.69) is 25.9 Å². The van der Waals surface area contributed by atoms with Crippen molar-refractivity contribution in [3.05, 3.63) is 40.7 Å². The molecule has 2 aromatic rings. The van der Waals surface area contributed by atoms with Gasteiger partial charge < -0.3 is 4.42 Å². The maximum atomic E-state index is 5.24. The zero-order valence-electron chi connectivity index (χ0n) is 8.11. The Morgan fingerprint density at radius 2 is 2.33 bits per heavy atom. The SMILES string of the molecule is Cc1nc(Br)cc(SCc2ccco2)n1. The first-order valence-corrected chi connectivity index (χ1v) is 6.18. The molecule has 0 bridgehead atoms. The molecule has 0 saturated heterocycles. The summed E-state index contributed by atoms with van der Waals surface area (Å²) in [6.07, 6.45) is 1.68. The number of aromatic nitrogens is 2. The normalized spacial score (nSPS) is 10.5. The van der Waals surface area contributed by atoms with E-state index >= 15 is 0 Å². The van der Waals surface area contributed by atoms with Crippen LogP contribution >= 0.6 is 27.7 Å². The number of aryl methyl sites for hydroxylation is 1. The maximum Gasteiger partial charge on any atom is 0.127 e. The summed E-state index contributed by atoms with van der Waals surface area (Å²) < 4.78 is 6.06. The second-order valence-corrected chi connectivity index (χ2v) is 4.75. The van der Waals surface area contributed by atoms with Crippen LogP contribution in [0.4, 0.5) is 0 Å². The standard InChI is InChI=1S/C10H9BrN2OS/c1-7-12-9(11)5-10(13-7)15-6-8-3-2-4-14-8/h2-5H,6H2,1H3. The highest BCUT2D eigenvalue weighted by molar-refractivity contribution is 9.10. The highest BCUT2D eigenvalue weighted by Crippen LogP contribution is 2.23. The molecule has 0 radical (unpaired) electrons. The van der Waals surface area contributed by atoms with Gasteiger partial charge in [-0.1, -0.05) is 11.8 Å². The van der Waals surface area contributed by atoms with Gasteiger partial charge in [-0.3, -0.25) is 0 Å². The van der Waals surface area contributed by atoms with E-state index in [-0.39, 0.29) is 0 Å². The number of rotatable bonds is 3. The van der Waals surface area contributed by atoms with Crippen molar-refractivity contribution in [2.45, 2.75) is 17.7 Å². The lowest BCUT2D eigenvalue weighted by Crippen LogP contribution is -1.90. The minimum absolute atomic E-state index is 0.770. The molecule has 0 unspecified atom stereocenters. The fourth-order valence-corrected chi connectivity index (χ4v) is 2.59. The smallest absolute Gasteiger partial charge is 0.127 e. The molecule has 0 aromatic carbocycles. The van der Waals surface area contributed by atoms with E-state index in [9.17, 15) is 0 Å². The van der Waals surface area contributed by atoms with Gasteiger partial charge in [0.2, 0.25) is 0 Å². The van der Waals surface area contributed by atoms with Gasteiger partial charge in [0, 0.05) is 6.07 Å². The number of hydrogen-bond acceptors (Lipinski definition) is 4. The molecule has 5 heteroatoms. The monoisotopic (exact) mass is 284 g/mol. The molecule has 78 valence electrons. The Morgan fingerprint density at radius 1 is 1.47 bits per heavy atom. The van der Waals surface area contributed by atoms with Gasteiger partial charge in [0.25, 0.3) is 0 Å². The lowest BCUT2D eigenvalue weighted by atomic mass is 10.5. The molecule has 0 aliphatic heterocycles. The summed E-state index contributed by atoms with van der Waals surface area (Å²) in [5.74, 6) is 2.51. The molecule has 2 heterocycles. The van der Waals surface area contributed by atoms with Crippen LogP contribution in [0.15, 0.2) is 38.5 Å². The first-order valence-electron chi connectivity index (χ1n) is 4.40. The van der Waals surface area contributed by atoms with Crippen molar-refractivity contribution in [1.82, 2.24) is 9.97 Å². The Kier molecular flexibility index (Phi) is 3.43. The van der Waals surface area contributed by atoms with Crippen LogP contribution in [-0.2, 0) is 5.75 Å². The van der Waals surface area contributed by atoms with E-state index in [1.165, 1.54) is 0 Å². The third kappa shape index (κ3) is 3.07. The van der Waals surface area contributed by atoms with Crippen LogP contribution in [0.3, 0.4) is 0 Å². The van der Waals surface area contributed by atoms with Gasteiger partial charge in [-0.15, -0.1) is 0 Å². The van der Waals surface area contributed by atoms with Crippen molar-refractivity contribution in [3.63, 3.8) is 0 Å². The fraction of sp³-hybridized carbons (Fsp3) is 0.200. The summed E-state index contributed by atoms with van der Waals surface area (Å²) in [4.78, 5) is 8.46. The van der Waals surface area contributed by atoms with Crippen LogP contribution in [0.2, 0.25) is 0 Å². The average molecular weight is 285 g/mol. The van der Waals surface area contributed by atoms with Crippen LogP contribution in [0.5, 0.6) is 0 Å². The molecule has 0 aliphatic rings. The molecule has 0 atom stereocenters. The predicted octanol–water partition coefficient (Wildman–Crippen LogP) is 3.43. The molecule has 0 amide bonds. The third-order valence-corrected chi connectivity index (χ3v) is 3.07. The van der Waals surface area contributed by atoms with E-state index in [0.29, 0.717) is 0 Å². The predicted molar refractivity (Wildman–Crippen MR) is 62.7 cm³/mol. The van der Waals surface area contributed by atoms with Crippen LogP contribution in [0.1, 0.15) is 11.6 Å². The molecule has 0 N–H and O–H groups in total. The van der Waals surface area contributed by atoms with Crippen molar-refractivity contribution >= 4 is 27.7 Å². The molecule has 3 nitrogen and oxygen atoms in total. The molecule has 0 aliphatic carbocycles. The lowest BCUT2D eigenvalue weighted by molar-refractivity contribution is 0.530. The van der Waals surface area contributed by atoms with Gasteiger partial charge in [-0.25, -0.2) is 9.97 Å². The Morgan fingerprint density at radius 3 is 3.00 bits per heavy atom. The summed E-state index contributed by atoms with van der Waals surface area (Å²) in [6.45, 7) is 1.88. The average Bonchev–Trinajstić information content (AvgIpc) is 2.65. The quantitative estimate of drug-likeness (QED) is 0.639. The number of thioether (sulfide) groups is 1. The minimum atomic E-state index is 0.770. The maximum absolute atomic E-state index is 5.24. The molecule has 2 aromatic heterocycles. The summed E-state index contributed by atoms with van der Waals surface area (Å²) in [6, 6.07) is 5.74. The van der Waals surface area contributed by atoms with E-state index in [0.717, 1.165) is 27.0 Å². The third-order valence-electron chi connectivity index (χ3n) is 1.73. The number of furan rings is 1. The minimum Gasteiger partial charge on any atom is -0.468 e. The topological polar surface area (TPSA) is 38.9 Å². The molecule has 0 fully saturated rings. The van der Waals surface area contributed by atoms with Crippen molar-refractivity contribution in [1.29, 1.82) is 0 Å². The van der Waals surface area contributed by atoms with Crippen molar-refractivity contribution in [3.8, 4) is 0 Å². The molecule has 0 saturated carbocycles. The summed E-state index contributed by atoms with van der Waals surface area (Å²) in [7, 11) is 0. The molecular weight excluding hydrogens is 276 g/mol. The largest absolute Gasteiger partial charge is 0.468 e. The van der Waals surface area contributed by atoms with Gasteiger partial charge >= 0.3 is 0 Å². The van der Waals surface area contributed by atoms with Gasteiger partial charge in [0.1, 0.15) is 21.2 Å². The van der Waals surface area contributed by atoms with Crippen LogP contribution in [-0.4, -0.2) is 9.97 Å². The van der Waals surface area contributed by atoms with E-state index in [4.69, 9.17) is 4.42 Å². The van der Waals surface area contributed by atoms with Gasteiger partial charge in [0.05, 0.1) is 12.0 Å². The zero-order chi connectivity index (χ0) is 10.7.